The number of hydrogen-bond acceptors (Lipinski definition) is 5. The van der Waals surface area contributed by atoms with Gasteiger partial charge in [-0.25, -0.2) is 13.8 Å². The van der Waals surface area contributed by atoms with Gasteiger partial charge in [0.2, 0.25) is 0 Å². The number of piperazine rings is 1. The molecule has 0 bridgehead atoms. The molecule has 2 aromatic carbocycles. The van der Waals surface area contributed by atoms with Gasteiger partial charge in [-0.3, -0.25) is 9.78 Å². The average Bonchev–Trinajstić information content (AvgIpc) is 2.74. The number of methoxy groups -OCH3 is 1. The third kappa shape index (κ3) is 3.87. The minimum atomic E-state index is -0.487. The predicted octanol–water partition coefficient (Wildman–Crippen LogP) is 2.00. The first kappa shape index (κ1) is 18.8. The number of ether oxygens (including phenoxy) is 1. The third-order valence-corrected chi connectivity index (χ3v) is 5.06. The highest BCUT2D eigenvalue weighted by atomic mass is 19.1. The molecular weight excluding hydrogens is 375 g/mol. The first-order valence-corrected chi connectivity index (χ1v) is 9.31. The summed E-state index contributed by atoms with van der Waals surface area (Å²) in [6.45, 7) is 2.68. The van der Waals surface area contributed by atoms with Crippen LogP contribution in [0.2, 0.25) is 0 Å². The van der Waals surface area contributed by atoms with E-state index in [-0.39, 0.29) is 5.82 Å². The van der Waals surface area contributed by atoms with E-state index in [0.29, 0.717) is 43.4 Å². The summed E-state index contributed by atoms with van der Waals surface area (Å²) in [5.41, 5.74) is 0.549. The van der Waals surface area contributed by atoms with E-state index in [0.717, 1.165) is 10.3 Å². The topological polar surface area (TPSA) is 70.6 Å². The van der Waals surface area contributed by atoms with E-state index >= 15 is 0 Å². The fraction of sp³-hybridized carbons (Fsp3) is 0.238. The predicted molar refractivity (Wildman–Crippen MR) is 110 cm³/mol. The van der Waals surface area contributed by atoms with Crippen molar-refractivity contribution >= 4 is 11.5 Å². The molecule has 0 atom stereocenters. The number of aromatic amines is 1. The number of rotatable bonds is 4. The van der Waals surface area contributed by atoms with Gasteiger partial charge in [-0.05, 0) is 48.5 Å². The van der Waals surface area contributed by atoms with E-state index in [1.54, 1.807) is 43.5 Å². The van der Waals surface area contributed by atoms with Crippen LogP contribution >= 0.6 is 0 Å². The molecule has 0 amide bonds. The summed E-state index contributed by atoms with van der Waals surface area (Å²) in [4.78, 5) is 32.1. The van der Waals surface area contributed by atoms with E-state index < -0.39 is 11.2 Å². The quantitative estimate of drug-likeness (QED) is 0.731. The molecule has 1 fully saturated rings. The Morgan fingerprint density at radius 3 is 2.03 bits per heavy atom. The Bertz CT molecular complexity index is 1070. The van der Waals surface area contributed by atoms with Gasteiger partial charge in [-0.2, -0.15) is 0 Å². The zero-order chi connectivity index (χ0) is 20.4. The second-order valence-corrected chi connectivity index (χ2v) is 6.78. The first-order chi connectivity index (χ1) is 14.0. The fourth-order valence-electron chi connectivity index (χ4n) is 3.49. The van der Waals surface area contributed by atoms with Crippen LogP contribution in [0, 0.1) is 5.82 Å². The molecule has 29 heavy (non-hydrogen) atoms. The van der Waals surface area contributed by atoms with E-state index in [9.17, 15) is 14.0 Å². The molecule has 0 saturated carbocycles. The Kier molecular flexibility index (Phi) is 5.07. The van der Waals surface area contributed by atoms with Crippen molar-refractivity contribution < 1.29 is 9.13 Å². The van der Waals surface area contributed by atoms with Gasteiger partial charge in [-0.1, -0.05) is 0 Å². The zero-order valence-electron chi connectivity index (χ0n) is 16.0. The van der Waals surface area contributed by atoms with Crippen molar-refractivity contribution in [3.8, 4) is 11.4 Å². The SMILES string of the molecule is COc1ccc(-n2c(=O)cc(N3CCN(c4ccc(F)cc4)CC3)[nH]c2=O)cc1. The Morgan fingerprint density at radius 2 is 1.45 bits per heavy atom. The number of H-pyrrole nitrogens is 1. The van der Waals surface area contributed by atoms with Crippen molar-refractivity contribution in [3.05, 3.63) is 81.3 Å². The van der Waals surface area contributed by atoms with E-state index in [1.165, 1.54) is 18.2 Å². The van der Waals surface area contributed by atoms with Crippen LogP contribution < -0.4 is 25.8 Å². The maximum Gasteiger partial charge on any atom is 0.334 e. The van der Waals surface area contributed by atoms with Crippen molar-refractivity contribution in [2.45, 2.75) is 0 Å². The number of anilines is 2. The second kappa shape index (κ2) is 7.83. The Hall–Kier alpha value is -3.55. The van der Waals surface area contributed by atoms with Gasteiger partial charge in [0, 0.05) is 37.9 Å². The highest BCUT2D eigenvalue weighted by Gasteiger charge is 2.19. The maximum atomic E-state index is 13.1. The minimum Gasteiger partial charge on any atom is -0.497 e. The molecule has 150 valence electrons. The summed E-state index contributed by atoms with van der Waals surface area (Å²) < 4.78 is 19.3. The standard InChI is InChI=1S/C21H21FN4O3/c1-29-18-8-6-17(7-9-18)26-20(27)14-19(23-21(26)28)25-12-10-24(11-13-25)16-4-2-15(22)3-5-16/h2-9,14H,10-13H2,1H3,(H,23,28). The summed E-state index contributed by atoms with van der Waals surface area (Å²) in [7, 11) is 1.55. The molecule has 0 radical (unpaired) electrons. The molecule has 8 heteroatoms. The van der Waals surface area contributed by atoms with Gasteiger partial charge in [0.1, 0.15) is 17.4 Å². The van der Waals surface area contributed by atoms with Crippen LogP contribution in [0.25, 0.3) is 5.69 Å². The lowest BCUT2D eigenvalue weighted by atomic mass is 10.2. The summed E-state index contributed by atoms with van der Waals surface area (Å²) in [5.74, 6) is 0.889. The molecule has 1 saturated heterocycles. The maximum absolute atomic E-state index is 13.1. The van der Waals surface area contributed by atoms with Crippen LogP contribution in [0.1, 0.15) is 0 Å². The van der Waals surface area contributed by atoms with E-state index in [2.05, 4.69) is 9.88 Å². The number of nitrogens with zero attached hydrogens (tertiary/aromatic N) is 3. The average molecular weight is 396 g/mol. The van der Waals surface area contributed by atoms with Crippen LogP contribution in [0.15, 0.2) is 64.2 Å². The van der Waals surface area contributed by atoms with Gasteiger partial charge in [-0.15, -0.1) is 0 Å². The second-order valence-electron chi connectivity index (χ2n) is 6.78. The molecule has 4 rings (SSSR count). The fourth-order valence-corrected chi connectivity index (χ4v) is 3.49. The van der Waals surface area contributed by atoms with Gasteiger partial charge in [0.25, 0.3) is 5.56 Å². The summed E-state index contributed by atoms with van der Waals surface area (Å²) in [6, 6.07) is 14.6. The number of hydrogen-bond donors (Lipinski definition) is 1. The van der Waals surface area contributed by atoms with Crippen LogP contribution in [-0.4, -0.2) is 42.8 Å². The molecule has 1 N–H and O–H groups in total. The Labute approximate surface area is 166 Å². The molecule has 7 nitrogen and oxygen atoms in total. The first-order valence-electron chi connectivity index (χ1n) is 9.31. The molecule has 1 aromatic heterocycles. The molecule has 0 unspecified atom stereocenters. The normalized spacial score (nSPS) is 14.1. The summed E-state index contributed by atoms with van der Waals surface area (Å²) in [6.07, 6.45) is 0. The van der Waals surface area contributed by atoms with Gasteiger partial charge in [0.05, 0.1) is 12.8 Å². The molecular formula is C21H21FN4O3. The van der Waals surface area contributed by atoms with Gasteiger partial charge in [0.15, 0.2) is 0 Å². The van der Waals surface area contributed by atoms with Crippen molar-refractivity contribution in [1.29, 1.82) is 0 Å². The highest BCUT2D eigenvalue weighted by molar-refractivity contribution is 5.49. The monoisotopic (exact) mass is 396 g/mol. The molecule has 2 heterocycles. The van der Waals surface area contributed by atoms with E-state index in [4.69, 9.17) is 4.74 Å². The lowest BCUT2D eigenvalue weighted by Gasteiger charge is -2.36. The lowest BCUT2D eigenvalue weighted by Crippen LogP contribution is -2.48. The molecule has 3 aromatic rings. The van der Waals surface area contributed by atoms with Crippen molar-refractivity contribution in [1.82, 2.24) is 9.55 Å². The molecule has 0 spiro atoms. The summed E-state index contributed by atoms with van der Waals surface area (Å²) in [5, 5.41) is 0. The van der Waals surface area contributed by atoms with Crippen molar-refractivity contribution in [2.75, 3.05) is 43.1 Å². The Balaban J connectivity index is 1.52. The highest BCUT2D eigenvalue weighted by Crippen LogP contribution is 2.19. The molecule has 0 aliphatic carbocycles. The van der Waals surface area contributed by atoms with Gasteiger partial charge < -0.3 is 14.5 Å². The Morgan fingerprint density at radius 1 is 0.862 bits per heavy atom. The number of aromatic nitrogens is 2. The summed E-state index contributed by atoms with van der Waals surface area (Å²) >= 11 is 0. The lowest BCUT2D eigenvalue weighted by molar-refractivity contribution is 0.414. The number of nitrogens with one attached hydrogen (secondary N) is 1. The number of benzene rings is 2. The van der Waals surface area contributed by atoms with Crippen LogP contribution in [0.5, 0.6) is 5.75 Å². The minimum absolute atomic E-state index is 0.262. The number of halogens is 1. The zero-order valence-corrected chi connectivity index (χ0v) is 16.0. The smallest absolute Gasteiger partial charge is 0.334 e. The largest absolute Gasteiger partial charge is 0.497 e. The molecule has 1 aliphatic rings. The van der Waals surface area contributed by atoms with Crippen LogP contribution in [0.4, 0.5) is 15.9 Å². The van der Waals surface area contributed by atoms with Crippen LogP contribution in [0.3, 0.4) is 0 Å². The van der Waals surface area contributed by atoms with E-state index in [1.807, 2.05) is 4.90 Å². The van der Waals surface area contributed by atoms with Crippen LogP contribution in [-0.2, 0) is 0 Å². The van der Waals surface area contributed by atoms with Crippen molar-refractivity contribution in [2.24, 2.45) is 0 Å². The third-order valence-electron chi connectivity index (χ3n) is 5.06. The molecule has 1 aliphatic heterocycles. The van der Waals surface area contributed by atoms with Gasteiger partial charge >= 0.3 is 5.69 Å². The van der Waals surface area contributed by atoms with Crippen molar-refractivity contribution in [3.63, 3.8) is 0 Å².